The van der Waals surface area contributed by atoms with Crippen molar-refractivity contribution < 1.29 is 22.7 Å². The number of carbonyl (C=O) groups excluding carboxylic acids is 2. The summed E-state index contributed by atoms with van der Waals surface area (Å²) < 4.78 is 34.2. The maximum absolute atomic E-state index is 13.9. The summed E-state index contributed by atoms with van der Waals surface area (Å²) in [5.41, 5.74) is 0.953. The molecule has 0 fully saturated rings. The Morgan fingerprint density at radius 2 is 1.54 bits per heavy atom. The molecule has 0 bridgehead atoms. The Labute approximate surface area is 235 Å². The van der Waals surface area contributed by atoms with Crippen molar-refractivity contribution in [3.05, 3.63) is 89.4 Å². The Morgan fingerprint density at radius 3 is 2.13 bits per heavy atom. The molecule has 0 radical (unpaired) electrons. The van der Waals surface area contributed by atoms with Gasteiger partial charge >= 0.3 is 0 Å². The van der Waals surface area contributed by atoms with Crippen molar-refractivity contribution in [1.29, 1.82) is 0 Å². The van der Waals surface area contributed by atoms with E-state index >= 15 is 0 Å². The van der Waals surface area contributed by atoms with Gasteiger partial charge in [-0.25, -0.2) is 8.42 Å². The lowest BCUT2D eigenvalue weighted by Gasteiger charge is -2.32. The summed E-state index contributed by atoms with van der Waals surface area (Å²) in [5, 5.41) is 3.26. The van der Waals surface area contributed by atoms with Crippen molar-refractivity contribution in [3.63, 3.8) is 0 Å². The fraction of sp³-hybridized carbons (Fsp3) is 0.310. The van der Waals surface area contributed by atoms with Gasteiger partial charge in [0.05, 0.1) is 17.2 Å². The fourth-order valence-electron chi connectivity index (χ4n) is 3.92. The monoisotopic (exact) mass is 571 g/mol. The zero-order valence-electron chi connectivity index (χ0n) is 22.5. The molecule has 8 nitrogen and oxygen atoms in total. The van der Waals surface area contributed by atoms with E-state index in [4.69, 9.17) is 16.3 Å². The van der Waals surface area contributed by atoms with E-state index in [-0.39, 0.29) is 23.4 Å². The van der Waals surface area contributed by atoms with Gasteiger partial charge in [0.2, 0.25) is 11.8 Å². The molecule has 2 amide bonds. The Morgan fingerprint density at radius 1 is 0.923 bits per heavy atom. The van der Waals surface area contributed by atoms with Crippen LogP contribution in [0.4, 0.5) is 5.69 Å². The number of ether oxygens (including phenoxy) is 1. The first kappa shape index (κ1) is 30.0. The number of anilines is 1. The second kappa shape index (κ2) is 13.5. The minimum atomic E-state index is -4.16. The summed E-state index contributed by atoms with van der Waals surface area (Å²) in [5.74, 6) is -0.375. The van der Waals surface area contributed by atoms with Crippen molar-refractivity contribution in [2.24, 2.45) is 0 Å². The number of nitrogens with one attached hydrogen (secondary N) is 1. The average Bonchev–Trinajstić information content (AvgIpc) is 2.91. The zero-order valence-corrected chi connectivity index (χ0v) is 24.1. The number of nitrogens with zero attached hydrogens (tertiary/aromatic N) is 2. The van der Waals surface area contributed by atoms with E-state index in [9.17, 15) is 18.0 Å². The van der Waals surface area contributed by atoms with Gasteiger partial charge in [-0.2, -0.15) is 0 Å². The first-order valence-corrected chi connectivity index (χ1v) is 14.5. The molecule has 10 heteroatoms. The van der Waals surface area contributed by atoms with Crippen LogP contribution in [0.25, 0.3) is 0 Å². The Balaban J connectivity index is 2.00. The van der Waals surface area contributed by atoms with Gasteiger partial charge < -0.3 is 15.0 Å². The lowest BCUT2D eigenvalue weighted by molar-refractivity contribution is -0.139. The highest BCUT2D eigenvalue weighted by Gasteiger charge is 2.33. The van der Waals surface area contributed by atoms with Gasteiger partial charge in [-0.3, -0.25) is 13.9 Å². The number of halogens is 1. The number of hydrogen-bond acceptors (Lipinski definition) is 5. The van der Waals surface area contributed by atoms with Crippen LogP contribution in [0.2, 0.25) is 5.02 Å². The summed E-state index contributed by atoms with van der Waals surface area (Å²) in [4.78, 5) is 28.2. The standard InChI is InChI=1S/C29H34ClN3O5S/c1-5-38-25-15-17-26(18-16-25)39(36,37)33(24-12-7-6-8-13-24)20-28(34)32(22(4)29(35)31-21(2)3)19-23-11-9-10-14-27(23)30/h6-18,21-22H,5,19-20H2,1-4H3,(H,31,35). The lowest BCUT2D eigenvalue weighted by atomic mass is 10.1. The van der Waals surface area contributed by atoms with Crippen LogP contribution in [0, 0.1) is 0 Å². The second-order valence-corrected chi connectivity index (χ2v) is 11.5. The molecule has 1 N–H and O–H groups in total. The minimum Gasteiger partial charge on any atom is -0.494 e. The quantitative estimate of drug-likeness (QED) is 0.334. The third-order valence-corrected chi connectivity index (χ3v) is 8.10. The molecular weight excluding hydrogens is 538 g/mol. The second-order valence-electron chi connectivity index (χ2n) is 9.20. The van der Waals surface area contributed by atoms with E-state index in [1.54, 1.807) is 73.7 Å². The number of sulfonamides is 1. The first-order valence-electron chi connectivity index (χ1n) is 12.7. The third-order valence-electron chi connectivity index (χ3n) is 5.94. The van der Waals surface area contributed by atoms with E-state index in [0.29, 0.717) is 28.6 Å². The van der Waals surface area contributed by atoms with Gasteiger partial charge in [0.25, 0.3) is 10.0 Å². The normalized spacial score (nSPS) is 12.1. The summed E-state index contributed by atoms with van der Waals surface area (Å²) in [6, 6.07) is 20.4. The predicted molar refractivity (Wildman–Crippen MR) is 153 cm³/mol. The van der Waals surface area contributed by atoms with Crippen LogP contribution in [0.15, 0.2) is 83.8 Å². The molecule has 1 atom stereocenters. The molecule has 1 unspecified atom stereocenters. The van der Waals surface area contributed by atoms with Gasteiger partial charge in [0, 0.05) is 17.6 Å². The summed E-state index contributed by atoms with van der Waals surface area (Å²) >= 11 is 6.38. The molecule has 0 aliphatic heterocycles. The van der Waals surface area contributed by atoms with Gasteiger partial charge in [0.1, 0.15) is 18.3 Å². The molecular formula is C29H34ClN3O5S. The van der Waals surface area contributed by atoms with Crippen molar-refractivity contribution in [2.45, 2.75) is 51.2 Å². The zero-order chi connectivity index (χ0) is 28.6. The highest BCUT2D eigenvalue weighted by molar-refractivity contribution is 7.92. The van der Waals surface area contributed by atoms with Gasteiger partial charge in [-0.1, -0.05) is 48.0 Å². The van der Waals surface area contributed by atoms with Crippen molar-refractivity contribution >= 4 is 39.1 Å². The van der Waals surface area contributed by atoms with Crippen LogP contribution in [-0.2, 0) is 26.2 Å². The molecule has 0 spiro atoms. The van der Waals surface area contributed by atoms with Gasteiger partial charge in [0.15, 0.2) is 0 Å². The predicted octanol–water partition coefficient (Wildman–Crippen LogP) is 4.88. The highest BCUT2D eigenvalue weighted by Crippen LogP contribution is 2.26. The van der Waals surface area contributed by atoms with E-state index in [2.05, 4.69) is 5.32 Å². The van der Waals surface area contributed by atoms with E-state index in [1.807, 2.05) is 20.8 Å². The summed E-state index contributed by atoms with van der Waals surface area (Å²) in [7, 11) is -4.16. The molecule has 0 heterocycles. The van der Waals surface area contributed by atoms with E-state index in [0.717, 1.165) is 4.31 Å². The number of rotatable bonds is 12. The van der Waals surface area contributed by atoms with Crippen LogP contribution >= 0.6 is 11.6 Å². The number of benzene rings is 3. The molecule has 0 aliphatic rings. The highest BCUT2D eigenvalue weighted by atomic mass is 35.5. The van der Waals surface area contributed by atoms with Crippen LogP contribution < -0.4 is 14.4 Å². The van der Waals surface area contributed by atoms with Crippen LogP contribution in [0.3, 0.4) is 0 Å². The smallest absolute Gasteiger partial charge is 0.264 e. The number of para-hydroxylation sites is 1. The van der Waals surface area contributed by atoms with Gasteiger partial charge in [-0.05, 0) is 75.7 Å². The summed E-state index contributed by atoms with van der Waals surface area (Å²) in [6.07, 6.45) is 0. The van der Waals surface area contributed by atoms with Crippen LogP contribution in [-0.4, -0.2) is 50.4 Å². The van der Waals surface area contributed by atoms with Crippen LogP contribution in [0.5, 0.6) is 5.75 Å². The van der Waals surface area contributed by atoms with Crippen molar-refractivity contribution in [3.8, 4) is 5.75 Å². The maximum atomic E-state index is 13.9. The number of carbonyl (C=O) groups is 2. The molecule has 0 aromatic heterocycles. The van der Waals surface area contributed by atoms with Crippen molar-refractivity contribution in [1.82, 2.24) is 10.2 Å². The summed E-state index contributed by atoms with van der Waals surface area (Å²) in [6.45, 7) is 7.04. The first-order chi connectivity index (χ1) is 18.5. The molecule has 0 saturated heterocycles. The SMILES string of the molecule is CCOc1ccc(S(=O)(=O)N(CC(=O)N(Cc2ccccc2Cl)C(C)C(=O)NC(C)C)c2ccccc2)cc1. The van der Waals surface area contributed by atoms with Crippen LogP contribution in [0.1, 0.15) is 33.3 Å². The lowest BCUT2D eigenvalue weighted by Crippen LogP contribution is -2.52. The van der Waals surface area contributed by atoms with E-state index in [1.165, 1.54) is 17.0 Å². The number of amides is 2. The molecule has 0 aliphatic carbocycles. The van der Waals surface area contributed by atoms with Crippen molar-refractivity contribution in [2.75, 3.05) is 17.5 Å². The average molecular weight is 572 g/mol. The van der Waals surface area contributed by atoms with E-state index < -0.39 is 28.5 Å². The minimum absolute atomic E-state index is 0.00543. The maximum Gasteiger partial charge on any atom is 0.264 e. The molecule has 0 saturated carbocycles. The Hall–Kier alpha value is -3.56. The topological polar surface area (TPSA) is 96.0 Å². The fourth-order valence-corrected chi connectivity index (χ4v) is 5.53. The molecule has 39 heavy (non-hydrogen) atoms. The number of hydrogen-bond donors (Lipinski definition) is 1. The molecule has 3 rings (SSSR count). The van der Waals surface area contributed by atoms with Gasteiger partial charge in [-0.15, -0.1) is 0 Å². The largest absolute Gasteiger partial charge is 0.494 e. The Kier molecular flexibility index (Phi) is 10.4. The Bertz CT molecular complexity index is 1370. The third kappa shape index (κ3) is 7.74. The molecule has 208 valence electrons. The molecule has 3 aromatic carbocycles. The molecule has 3 aromatic rings.